The number of amides is 2. The van der Waals surface area contributed by atoms with Crippen LogP contribution in [-0.2, 0) is 16.1 Å². The molecule has 11 nitrogen and oxygen atoms in total. The number of carbonyl (C=O) groups excluding carboxylic acids is 2. The lowest BCUT2D eigenvalue weighted by Gasteiger charge is -2.31. The maximum Gasteiger partial charge on any atom is 0.411 e. The molecule has 51 heavy (non-hydrogen) atoms. The third-order valence-corrected chi connectivity index (χ3v) is 9.26. The fraction of sp³-hybridized carbons (Fsp3) is 0.275. The lowest BCUT2D eigenvalue weighted by Crippen LogP contribution is -2.39. The van der Waals surface area contributed by atoms with E-state index in [1.165, 1.54) is 12.1 Å². The zero-order valence-corrected chi connectivity index (χ0v) is 28.5. The van der Waals surface area contributed by atoms with Crippen LogP contribution in [0.15, 0.2) is 102 Å². The van der Waals surface area contributed by atoms with Crippen molar-refractivity contribution in [3.8, 4) is 16.9 Å². The SMILES string of the molecule is Cc1cc(NC(=O)CCN2CCC(OC(=O)Nc3ccccc3-c3ccccc3)CC2)ccc1CNC[C@H](O)c1ccc(O)c2[nH]c(=O)ccc12. The molecule has 1 aliphatic rings. The zero-order chi connectivity index (χ0) is 35.7. The van der Waals surface area contributed by atoms with Crippen molar-refractivity contribution in [3.63, 3.8) is 0 Å². The molecule has 1 aromatic heterocycles. The molecule has 11 heteroatoms. The summed E-state index contributed by atoms with van der Waals surface area (Å²) in [6.45, 7) is 4.84. The number of pyridine rings is 1. The highest BCUT2D eigenvalue weighted by molar-refractivity contribution is 5.92. The molecule has 0 unspecified atom stereocenters. The monoisotopic (exact) mass is 689 g/mol. The van der Waals surface area contributed by atoms with Crippen LogP contribution in [-0.4, -0.2) is 64.4 Å². The first-order valence-electron chi connectivity index (χ1n) is 17.2. The Labute approximate surface area is 296 Å². The van der Waals surface area contributed by atoms with Gasteiger partial charge in [0.05, 0.1) is 17.3 Å². The Morgan fingerprint density at radius 3 is 2.49 bits per heavy atom. The largest absolute Gasteiger partial charge is 0.506 e. The number of benzene rings is 4. The van der Waals surface area contributed by atoms with Gasteiger partial charge >= 0.3 is 6.09 Å². The summed E-state index contributed by atoms with van der Waals surface area (Å²) in [5, 5.41) is 30.7. The molecule has 4 aromatic carbocycles. The van der Waals surface area contributed by atoms with Gasteiger partial charge in [0.1, 0.15) is 11.9 Å². The second kappa shape index (κ2) is 16.5. The van der Waals surface area contributed by atoms with Crippen LogP contribution in [0.1, 0.15) is 42.1 Å². The van der Waals surface area contributed by atoms with Crippen molar-refractivity contribution in [3.05, 3.63) is 124 Å². The number of aromatic nitrogens is 1. The number of aliphatic hydroxyl groups excluding tert-OH is 1. The number of likely N-dealkylation sites (tertiary alicyclic amines) is 1. The minimum Gasteiger partial charge on any atom is -0.506 e. The van der Waals surface area contributed by atoms with E-state index in [1.54, 1.807) is 12.1 Å². The average molecular weight is 690 g/mol. The van der Waals surface area contributed by atoms with Crippen molar-refractivity contribution in [2.45, 2.75) is 44.9 Å². The smallest absolute Gasteiger partial charge is 0.411 e. The van der Waals surface area contributed by atoms with Crippen LogP contribution in [0.5, 0.6) is 5.75 Å². The summed E-state index contributed by atoms with van der Waals surface area (Å²) in [5.41, 5.74) is 5.96. The second-order valence-corrected chi connectivity index (χ2v) is 12.9. The first-order valence-corrected chi connectivity index (χ1v) is 17.2. The van der Waals surface area contributed by atoms with Gasteiger partial charge in [-0.3, -0.25) is 14.9 Å². The summed E-state index contributed by atoms with van der Waals surface area (Å²) in [5.74, 6) is -0.120. The number of fused-ring (bicyclic) bond motifs is 1. The number of carbonyl (C=O) groups is 2. The van der Waals surface area contributed by atoms with E-state index in [9.17, 15) is 24.6 Å². The van der Waals surface area contributed by atoms with Crippen LogP contribution in [0.3, 0.4) is 0 Å². The van der Waals surface area contributed by atoms with E-state index >= 15 is 0 Å². The van der Waals surface area contributed by atoms with Gasteiger partial charge in [0.15, 0.2) is 0 Å². The Bertz CT molecular complexity index is 2040. The number of aromatic hydroxyl groups is 1. The van der Waals surface area contributed by atoms with Crippen LogP contribution in [0.4, 0.5) is 16.2 Å². The molecule has 264 valence electrons. The molecule has 6 N–H and O–H groups in total. The summed E-state index contributed by atoms with van der Waals surface area (Å²) < 4.78 is 5.75. The minimum absolute atomic E-state index is 0.0511. The standard InChI is InChI=1S/C40H43N5O6/c1-26-23-29(12-11-28(26)24-41-25-36(47)32-13-15-35(46)39-33(32)14-16-37(48)44-39)42-38(49)19-22-45-20-17-30(18-21-45)51-40(50)43-34-10-6-5-9-31(34)27-7-3-2-4-8-27/h2-16,23,30,36,41,46-47H,17-22,24-25H2,1H3,(H,42,49)(H,43,50)(H,44,48)/t36-/m0/s1. The first kappa shape index (κ1) is 35.3. The number of ether oxygens (including phenoxy) is 1. The summed E-state index contributed by atoms with van der Waals surface area (Å²) >= 11 is 0. The van der Waals surface area contributed by atoms with Crippen molar-refractivity contribution >= 4 is 34.3 Å². The first-order chi connectivity index (χ1) is 24.7. The van der Waals surface area contributed by atoms with Crippen molar-refractivity contribution < 1.29 is 24.5 Å². The van der Waals surface area contributed by atoms with Crippen molar-refractivity contribution in [2.24, 2.45) is 0 Å². The van der Waals surface area contributed by atoms with E-state index in [2.05, 4.69) is 25.8 Å². The van der Waals surface area contributed by atoms with Gasteiger partial charge in [-0.1, -0.05) is 60.7 Å². The van der Waals surface area contributed by atoms with E-state index in [0.717, 1.165) is 41.0 Å². The maximum atomic E-state index is 12.8. The molecule has 5 aromatic rings. The summed E-state index contributed by atoms with van der Waals surface area (Å²) in [4.78, 5) is 42.1. The molecule has 2 heterocycles. The van der Waals surface area contributed by atoms with Gasteiger partial charge in [-0.15, -0.1) is 0 Å². The quantitative estimate of drug-likeness (QED) is 0.0922. The molecule has 2 amide bonds. The number of piperidine rings is 1. The predicted octanol–water partition coefficient (Wildman–Crippen LogP) is 6.07. The number of H-pyrrole nitrogens is 1. The van der Waals surface area contributed by atoms with Gasteiger partial charge in [0.25, 0.3) is 0 Å². The summed E-state index contributed by atoms with van der Waals surface area (Å²) in [7, 11) is 0. The number of aliphatic hydroxyl groups is 1. The third kappa shape index (κ3) is 9.20. The highest BCUT2D eigenvalue weighted by Crippen LogP contribution is 2.29. The average Bonchev–Trinajstić information content (AvgIpc) is 3.13. The number of nitrogens with zero attached hydrogens (tertiary/aromatic N) is 1. The number of hydrogen-bond donors (Lipinski definition) is 6. The number of phenolic OH excluding ortho intramolecular Hbond substituents is 1. The molecule has 0 saturated carbocycles. The van der Waals surface area contributed by atoms with Gasteiger partial charge in [-0.25, -0.2) is 4.79 Å². The molecule has 1 fully saturated rings. The maximum absolute atomic E-state index is 12.8. The van der Waals surface area contributed by atoms with Gasteiger partial charge < -0.3 is 35.5 Å². The molecule has 0 radical (unpaired) electrons. The second-order valence-electron chi connectivity index (χ2n) is 12.9. The minimum atomic E-state index is -0.857. The number of aromatic amines is 1. The third-order valence-electron chi connectivity index (χ3n) is 9.26. The van der Waals surface area contributed by atoms with Crippen LogP contribution in [0, 0.1) is 6.92 Å². The number of rotatable bonds is 12. The molecule has 0 aliphatic carbocycles. The van der Waals surface area contributed by atoms with Gasteiger partial charge in [-0.2, -0.15) is 0 Å². The fourth-order valence-corrected chi connectivity index (χ4v) is 6.46. The van der Waals surface area contributed by atoms with Crippen LogP contribution in [0.25, 0.3) is 22.0 Å². The molecule has 0 bridgehead atoms. The van der Waals surface area contributed by atoms with Gasteiger partial charge in [0.2, 0.25) is 11.5 Å². The Balaban J connectivity index is 0.906. The number of anilines is 2. The van der Waals surface area contributed by atoms with E-state index < -0.39 is 12.2 Å². The summed E-state index contributed by atoms with van der Waals surface area (Å²) in [6, 6.07) is 29.4. The number of phenols is 1. The van der Waals surface area contributed by atoms with Gasteiger partial charge in [0, 0.05) is 61.8 Å². The fourth-order valence-electron chi connectivity index (χ4n) is 6.46. The van der Waals surface area contributed by atoms with Crippen LogP contribution >= 0.6 is 0 Å². The Kier molecular flexibility index (Phi) is 11.4. The molecule has 1 saturated heterocycles. The number of para-hydroxylation sites is 1. The number of hydrogen-bond acceptors (Lipinski definition) is 8. The Morgan fingerprint density at radius 1 is 0.941 bits per heavy atom. The molecular weight excluding hydrogens is 646 g/mol. The van der Waals surface area contributed by atoms with Crippen molar-refractivity contribution in [1.29, 1.82) is 0 Å². The van der Waals surface area contributed by atoms with E-state index in [1.807, 2.05) is 79.7 Å². The molecule has 1 aliphatic heterocycles. The highest BCUT2D eigenvalue weighted by Gasteiger charge is 2.23. The Morgan fingerprint density at radius 2 is 1.71 bits per heavy atom. The van der Waals surface area contributed by atoms with Gasteiger partial charge in [-0.05, 0) is 72.4 Å². The molecular formula is C40H43N5O6. The van der Waals surface area contributed by atoms with Crippen LogP contribution in [0.2, 0.25) is 0 Å². The van der Waals surface area contributed by atoms with E-state index in [0.29, 0.717) is 54.5 Å². The predicted molar refractivity (Wildman–Crippen MR) is 199 cm³/mol. The zero-order valence-electron chi connectivity index (χ0n) is 28.5. The van der Waals surface area contributed by atoms with E-state index in [-0.39, 0.29) is 29.9 Å². The number of aryl methyl sites for hydroxylation is 1. The molecule has 1 atom stereocenters. The lowest BCUT2D eigenvalue weighted by molar-refractivity contribution is -0.116. The summed E-state index contributed by atoms with van der Waals surface area (Å²) in [6.07, 6.45) is 0.249. The number of nitrogens with one attached hydrogen (secondary N) is 4. The topological polar surface area (TPSA) is 156 Å². The highest BCUT2D eigenvalue weighted by atomic mass is 16.6. The Hall–Kier alpha value is -5.49. The van der Waals surface area contributed by atoms with Crippen molar-refractivity contribution in [1.82, 2.24) is 15.2 Å². The van der Waals surface area contributed by atoms with Crippen molar-refractivity contribution in [2.75, 3.05) is 36.8 Å². The molecule has 6 rings (SSSR count). The van der Waals surface area contributed by atoms with Crippen LogP contribution < -0.4 is 21.5 Å². The molecule has 0 spiro atoms. The normalized spacial score (nSPS) is 14.2. The van der Waals surface area contributed by atoms with E-state index in [4.69, 9.17) is 4.74 Å². The lowest BCUT2D eigenvalue weighted by atomic mass is 10.0.